The minimum atomic E-state index is -0.322. The molecule has 0 radical (unpaired) electrons. The number of aromatic nitrogens is 2. The van der Waals surface area contributed by atoms with Gasteiger partial charge in [0.25, 0.3) is 5.91 Å². The maximum atomic E-state index is 13.3. The molecule has 2 aromatic heterocycles. The van der Waals surface area contributed by atoms with Crippen LogP contribution in [0.1, 0.15) is 15.9 Å². The molecule has 33 heavy (non-hydrogen) atoms. The van der Waals surface area contributed by atoms with E-state index in [4.69, 9.17) is 23.9 Å². The molecule has 8 heteroatoms. The summed E-state index contributed by atoms with van der Waals surface area (Å²) in [5.41, 5.74) is 3.49. The maximum absolute atomic E-state index is 13.3. The Kier molecular flexibility index (Phi) is 6.08. The lowest BCUT2D eigenvalue weighted by Gasteiger charge is -2.12. The van der Waals surface area contributed by atoms with Gasteiger partial charge in [-0.2, -0.15) is 0 Å². The monoisotopic (exact) mass is 447 g/mol. The highest BCUT2D eigenvalue weighted by Gasteiger charge is 2.20. The molecule has 0 aliphatic rings. The van der Waals surface area contributed by atoms with Crippen LogP contribution in [0.25, 0.3) is 16.9 Å². The molecule has 0 spiro atoms. The van der Waals surface area contributed by atoms with E-state index in [0.29, 0.717) is 45.7 Å². The van der Waals surface area contributed by atoms with Gasteiger partial charge < -0.3 is 24.3 Å². The van der Waals surface area contributed by atoms with Gasteiger partial charge in [-0.15, -0.1) is 0 Å². The molecule has 0 saturated heterocycles. The molecular weight excluding hydrogens is 422 g/mol. The first kappa shape index (κ1) is 22.0. The summed E-state index contributed by atoms with van der Waals surface area (Å²) in [7, 11) is 6.24. The predicted octanol–water partition coefficient (Wildman–Crippen LogP) is 4.60. The quantitative estimate of drug-likeness (QED) is 0.446. The van der Waals surface area contributed by atoms with Gasteiger partial charge in [0.2, 0.25) is 0 Å². The molecule has 1 N–H and O–H groups in total. The summed E-state index contributed by atoms with van der Waals surface area (Å²) in [5.74, 6) is 2.43. The van der Waals surface area contributed by atoms with Gasteiger partial charge in [-0.3, -0.25) is 9.20 Å². The van der Waals surface area contributed by atoms with E-state index in [1.807, 2.05) is 47.9 Å². The summed E-state index contributed by atoms with van der Waals surface area (Å²) in [6.07, 6.45) is 1.92. The van der Waals surface area contributed by atoms with Gasteiger partial charge in [0.1, 0.15) is 28.7 Å². The maximum Gasteiger partial charge on any atom is 0.257 e. The minimum absolute atomic E-state index is 0.322. The van der Waals surface area contributed by atoms with Gasteiger partial charge >= 0.3 is 0 Å². The van der Waals surface area contributed by atoms with Crippen LogP contribution < -0.4 is 24.3 Å². The molecule has 0 aliphatic heterocycles. The molecule has 4 aromatic rings. The highest BCUT2D eigenvalue weighted by molar-refractivity contribution is 6.06. The molecule has 0 bridgehead atoms. The standard InChI is InChI=1S/C25H25N3O5/c1-15-6-9-22-26-23(16-7-8-20(32-4)21(12-16)33-5)24(28(22)14-15)27-25(29)17-10-18(30-2)13-19(11-17)31-3/h6-14H,1-5H3,(H,27,29). The van der Waals surface area contributed by atoms with E-state index in [1.54, 1.807) is 46.6 Å². The van der Waals surface area contributed by atoms with Crippen LogP contribution in [0.2, 0.25) is 0 Å². The third kappa shape index (κ3) is 4.27. The minimum Gasteiger partial charge on any atom is -0.497 e. The number of carbonyl (C=O) groups is 1. The lowest BCUT2D eigenvalue weighted by Crippen LogP contribution is -2.14. The number of fused-ring (bicyclic) bond motifs is 1. The Hall–Kier alpha value is -4.20. The van der Waals surface area contributed by atoms with Crippen molar-refractivity contribution in [3.63, 3.8) is 0 Å². The predicted molar refractivity (Wildman–Crippen MR) is 126 cm³/mol. The number of pyridine rings is 1. The zero-order valence-corrected chi connectivity index (χ0v) is 19.1. The number of carbonyl (C=O) groups excluding carboxylic acids is 1. The van der Waals surface area contributed by atoms with Crippen LogP contribution in [0.3, 0.4) is 0 Å². The fourth-order valence-electron chi connectivity index (χ4n) is 3.57. The van der Waals surface area contributed by atoms with Crippen molar-refractivity contribution in [3.05, 3.63) is 65.9 Å². The van der Waals surface area contributed by atoms with E-state index in [9.17, 15) is 4.79 Å². The normalized spacial score (nSPS) is 10.7. The number of imidazole rings is 1. The van der Waals surface area contributed by atoms with Gasteiger partial charge in [-0.05, 0) is 48.9 Å². The Labute approximate surface area is 191 Å². The number of anilines is 1. The number of nitrogens with one attached hydrogen (secondary N) is 1. The van der Waals surface area contributed by atoms with Crippen molar-refractivity contribution in [2.24, 2.45) is 0 Å². The van der Waals surface area contributed by atoms with E-state index < -0.39 is 0 Å². The average Bonchev–Trinajstić information content (AvgIpc) is 3.20. The summed E-state index contributed by atoms with van der Waals surface area (Å²) in [6, 6.07) is 14.4. The van der Waals surface area contributed by atoms with Crippen LogP contribution in [-0.4, -0.2) is 43.7 Å². The number of rotatable bonds is 7. The first-order valence-electron chi connectivity index (χ1n) is 10.2. The first-order valence-corrected chi connectivity index (χ1v) is 10.2. The molecular formula is C25H25N3O5. The molecule has 1 amide bonds. The number of aryl methyl sites for hydroxylation is 1. The lowest BCUT2D eigenvalue weighted by atomic mass is 10.1. The molecule has 2 heterocycles. The second-order valence-corrected chi connectivity index (χ2v) is 7.37. The van der Waals surface area contributed by atoms with Gasteiger partial charge in [0, 0.05) is 23.4 Å². The van der Waals surface area contributed by atoms with Gasteiger partial charge in [-0.25, -0.2) is 4.98 Å². The zero-order valence-electron chi connectivity index (χ0n) is 19.1. The zero-order chi connectivity index (χ0) is 23.5. The Morgan fingerprint density at radius 1 is 0.848 bits per heavy atom. The van der Waals surface area contributed by atoms with Crippen molar-refractivity contribution >= 4 is 17.4 Å². The molecule has 0 saturated carbocycles. The Morgan fingerprint density at radius 2 is 1.55 bits per heavy atom. The van der Waals surface area contributed by atoms with Crippen molar-refractivity contribution in [3.8, 4) is 34.3 Å². The van der Waals surface area contributed by atoms with Crippen LogP contribution in [0.15, 0.2) is 54.7 Å². The Bertz CT molecular complexity index is 1310. The number of benzene rings is 2. The van der Waals surface area contributed by atoms with Crippen LogP contribution in [0.5, 0.6) is 23.0 Å². The van der Waals surface area contributed by atoms with Crippen LogP contribution in [0, 0.1) is 6.92 Å². The average molecular weight is 447 g/mol. The fourth-order valence-corrected chi connectivity index (χ4v) is 3.57. The smallest absolute Gasteiger partial charge is 0.257 e. The number of hydrogen-bond acceptors (Lipinski definition) is 6. The lowest BCUT2D eigenvalue weighted by molar-refractivity contribution is 0.102. The third-order valence-corrected chi connectivity index (χ3v) is 5.27. The van der Waals surface area contributed by atoms with Gasteiger partial charge in [-0.1, -0.05) is 6.07 Å². The molecule has 0 fully saturated rings. The number of amides is 1. The number of methoxy groups -OCH3 is 4. The number of ether oxygens (including phenoxy) is 4. The van der Waals surface area contributed by atoms with E-state index in [1.165, 1.54) is 0 Å². The van der Waals surface area contributed by atoms with Gasteiger partial charge in [0.15, 0.2) is 11.5 Å². The second-order valence-electron chi connectivity index (χ2n) is 7.37. The molecule has 8 nitrogen and oxygen atoms in total. The SMILES string of the molecule is COc1cc(OC)cc(C(=O)Nc2c(-c3ccc(OC)c(OC)c3)nc3ccc(C)cn23)c1. The molecule has 0 aliphatic carbocycles. The van der Waals surface area contributed by atoms with Crippen LogP contribution in [0.4, 0.5) is 5.82 Å². The molecule has 0 atom stereocenters. The summed E-state index contributed by atoms with van der Waals surface area (Å²) in [6.45, 7) is 1.98. The topological polar surface area (TPSA) is 83.3 Å². The van der Waals surface area contributed by atoms with Crippen LogP contribution >= 0.6 is 0 Å². The molecule has 2 aromatic carbocycles. The summed E-state index contributed by atoms with van der Waals surface area (Å²) < 4.78 is 23.3. The summed E-state index contributed by atoms with van der Waals surface area (Å²) >= 11 is 0. The van der Waals surface area contributed by atoms with Crippen molar-refractivity contribution in [2.45, 2.75) is 6.92 Å². The third-order valence-electron chi connectivity index (χ3n) is 5.27. The Morgan fingerprint density at radius 3 is 2.18 bits per heavy atom. The Balaban J connectivity index is 1.83. The first-order chi connectivity index (χ1) is 16.0. The van der Waals surface area contributed by atoms with E-state index in [0.717, 1.165) is 11.1 Å². The van der Waals surface area contributed by atoms with E-state index >= 15 is 0 Å². The number of hydrogen-bond donors (Lipinski definition) is 1. The fraction of sp³-hybridized carbons (Fsp3) is 0.200. The second kappa shape index (κ2) is 9.12. The van der Waals surface area contributed by atoms with Gasteiger partial charge in [0.05, 0.1) is 28.4 Å². The van der Waals surface area contributed by atoms with Crippen molar-refractivity contribution in [2.75, 3.05) is 33.8 Å². The van der Waals surface area contributed by atoms with Crippen LogP contribution in [-0.2, 0) is 0 Å². The molecule has 4 rings (SSSR count). The van der Waals surface area contributed by atoms with Crippen molar-refractivity contribution in [1.82, 2.24) is 9.38 Å². The summed E-state index contributed by atoms with van der Waals surface area (Å²) in [5, 5.41) is 3.02. The highest BCUT2D eigenvalue weighted by atomic mass is 16.5. The number of nitrogens with zero attached hydrogens (tertiary/aromatic N) is 2. The molecule has 170 valence electrons. The highest BCUT2D eigenvalue weighted by Crippen LogP contribution is 2.36. The van der Waals surface area contributed by atoms with Crippen molar-refractivity contribution in [1.29, 1.82) is 0 Å². The van der Waals surface area contributed by atoms with E-state index in [-0.39, 0.29) is 5.91 Å². The van der Waals surface area contributed by atoms with Crippen molar-refractivity contribution < 1.29 is 23.7 Å². The summed E-state index contributed by atoms with van der Waals surface area (Å²) in [4.78, 5) is 18.0. The van der Waals surface area contributed by atoms with E-state index in [2.05, 4.69) is 5.32 Å². The largest absolute Gasteiger partial charge is 0.497 e. The molecule has 0 unspecified atom stereocenters.